The fraction of sp³-hybridized carbons (Fsp3) is 0.357. The number of rotatable bonds is 4. The molecule has 2 N–H and O–H groups in total. The monoisotopic (exact) mass is 280 g/mol. The maximum atomic E-state index is 13.0. The lowest BCUT2D eigenvalue weighted by atomic mass is 10.1. The van der Waals surface area contributed by atoms with Crippen molar-refractivity contribution in [3.63, 3.8) is 0 Å². The Morgan fingerprint density at radius 3 is 2.63 bits per heavy atom. The third-order valence-electron chi connectivity index (χ3n) is 2.97. The number of aromatic hydroxyl groups is 1. The molecule has 0 amide bonds. The minimum atomic E-state index is -0.433. The van der Waals surface area contributed by atoms with Crippen LogP contribution in [0.5, 0.6) is 5.75 Å². The first-order valence-corrected chi connectivity index (χ1v) is 6.96. The lowest BCUT2D eigenvalue weighted by Gasteiger charge is -2.19. The Balaban J connectivity index is 2.10. The molecular formula is C14H17FN2OS. The van der Waals surface area contributed by atoms with Gasteiger partial charge in [0.1, 0.15) is 16.6 Å². The number of hydrogen-bond acceptors (Lipinski definition) is 4. The first-order valence-electron chi connectivity index (χ1n) is 6.14. The second kappa shape index (κ2) is 5.67. The molecule has 1 aromatic heterocycles. The van der Waals surface area contributed by atoms with Crippen LogP contribution in [0.3, 0.4) is 0 Å². The van der Waals surface area contributed by atoms with Crippen molar-refractivity contribution in [1.82, 2.24) is 10.3 Å². The number of nitrogens with zero attached hydrogens (tertiary/aromatic N) is 1. The van der Waals surface area contributed by atoms with Gasteiger partial charge in [0, 0.05) is 28.7 Å². The van der Waals surface area contributed by atoms with E-state index in [1.807, 2.05) is 27.0 Å². The molecule has 5 heteroatoms. The molecule has 19 heavy (non-hydrogen) atoms. The standard InChI is InChI=1S/C14H17FN2OS/c1-8-7-16-14(19-8)10(3)17-9(2)12-5-4-11(15)6-13(12)18/h4-7,9-10,17-18H,1-3H3. The van der Waals surface area contributed by atoms with Gasteiger partial charge in [-0.2, -0.15) is 0 Å². The molecule has 3 nitrogen and oxygen atoms in total. The average Bonchev–Trinajstić information content (AvgIpc) is 2.75. The summed E-state index contributed by atoms with van der Waals surface area (Å²) < 4.78 is 13.0. The van der Waals surface area contributed by atoms with Gasteiger partial charge in [-0.15, -0.1) is 11.3 Å². The highest BCUT2D eigenvalue weighted by Crippen LogP contribution is 2.28. The van der Waals surface area contributed by atoms with Crippen LogP contribution < -0.4 is 5.32 Å². The summed E-state index contributed by atoms with van der Waals surface area (Å²) in [5.41, 5.74) is 0.682. The van der Waals surface area contributed by atoms with Gasteiger partial charge >= 0.3 is 0 Å². The Hall–Kier alpha value is -1.46. The fourth-order valence-electron chi connectivity index (χ4n) is 1.99. The van der Waals surface area contributed by atoms with E-state index in [1.165, 1.54) is 10.9 Å². The first kappa shape index (κ1) is 14.0. The van der Waals surface area contributed by atoms with E-state index in [2.05, 4.69) is 10.3 Å². The molecule has 102 valence electrons. The zero-order chi connectivity index (χ0) is 14.0. The summed E-state index contributed by atoms with van der Waals surface area (Å²) in [6, 6.07) is 4.08. The van der Waals surface area contributed by atoms with Crippen molar-refractivity contribution in [1.29, 1.82) is 0 Å². The predicted molar refractivity (Wildman–Crippen MR) is 74.9 cm³/mol. The Kier molecular flexibility index (Phi) is 4.17. The maximum absolute atomic E-state index is 13.0. The van der Waals surface area contributed by atoms with E-state index in [-0.39, 0.29) is 17.8 Å². The lowest BCUT2D eigenvalue weighted by molar-refractivity contribution is 0.434. The summed E-state index contributed by atoms with van der Waals surface area (Å²) >= 11 is 1.64. The number of benzene rings is 1. The van der Waals surface area contributed by atoms with E-state index in [0.717, 1.165) is 11.1 Å². The van der Waals surface area contributed by atoms with E-state index in [4.69, 9.17) is 0 Å². The van der Waals surface area contributed by atoms with Crippen LogP contribution in [0.25, 0.3) is 0 Å². The van der Waals surface area contributed by atoms with E-state index < -0.39 is 5.82 Å². The number of nitrogens with one attached hydrogen (secondary N) is 1. The molecule has 2 aromatic rings. The van der Waals surface area contributed by atoms with Gasteiger partial charge in [-0.1, -0.05) is 6.07 Å². The smallest absolute Gasteiger partial charge is 0.126 e. The quantitative estimate of drug-likeness (QED) is 0.897. The molecule has 2 rings (SSSR count). The third kappa shape index (κ3) is 3.30. The number of aromatic nitrogens is 1. The summed E-state index contributed by atoms with van der Waals surface area (Å²) in [5, 5.41) is 14.1. The number of thiazole rings is 1. The molecule has 0 aliphatic heterocycles. The molecule has 1 aromatic carbocycles. The van der Waals surface area contributed by atoms with Crippen molar-refractivity contribution in [2.75, 3.05) is 0 Å². The zero-order valence-electron chi connectivity index (χ0n) is 11.1. The van der Waals surface area contributed by atoms with Crippen molar-refractivity contribution in [3.05, 3.63) is 45.7 Å². The molecule has 0 aliphatic carbocycles. The van der Waals surface area contributed by atoms with Crippen molar-refractivity contribution in [2.45, 2.75) is 32.9 Å². The van der Waals surface area contributed by atoms with Crippen molar-refractivity contribution in [2.24, 2.45) is 0 Å². The summed E-state index contributed by atoms with van der Waals surface area (Å²) in [7, 11) is 0. The van der Waals surface area contributed by atoms with Gasteiger partial charge in [-0.05, 0) is 26.8 Å². The number of halogens is 1. The second-order valence-electron chi connectivity index (χ2n) is 4.62. The van der Waals surface area contributed by atoms with Gasteiger partial charge < -0.3 is 10.4 Å². The van der Waals surface area contributed by atoms with E-state index in [0.29, 0.717) is 5.56 Å². The zero-order valence-corrected chi connectivity index (χ0v) is 12.0. The van der Waals surface area contributed by atoms with Crippen molar-refractivity contribution in [3.8, 4) is 5.75 Å². The van der Waals surface area contributed by atoms with Gasteiger partial charge in [0.2, 0.25) is 0 Å². The number of aryl methyl sites for hydroxylation is 1. The van der Waals surface area contributed by atoms with Crippen molar-refractivity contribution >= 4 is 11.3 Å². The van der Waals surface area contributed by atoms with Crippen LogP contribution in [0.1, 0.15) is 41.4 Å². The fourth-order valence-corrected chi connectivity index (χ4v) is 2.78. The van der Waals surface area contributed by atoms with Gasteiger partial charge in [-0.25, -0.2) is 9.37 Å². The second-order valence-corrected chi connectivity index (χ2v) is 5.89. The molecule has 0 spiro atoms. The van der Waals surface area contributed by atoms with E-state index in [1.54, 1.807) is 17.4 Å². The van der Waals surface area contributed by atoms with Crippen molar-refractivity contribution < 1.29 is 9.50 Å². The number of hydrogen-bond donors (Lipinski definition) is 2. The summed E-state index contributed by atoms with van der Waals surface area (Å²) in [6.45, 7) is 5.97. The van der Waals surface area contributed by atoms with E-state index >= 15 is 0 Å². The molecule has 0 fully saturated rings. The molecule has 0 bridgehead atoms. The molecule has 0 aliphatic rings. The molecule has 0 radical (unpaired) electrons. The van der Waals surface area contributed by atoms with Gasteiger partial charge in [0.15, 0.2) is 0 Å². The van der Waals surface area contributed by atoms with Crippen LogP contribution in [-0.2, 0) is 0 Å². The summed E-state index contributed by atoms with van der Waals surface area (Å²) in [5.74, 6) is -0.459. The maximum Gasteiger partial charge on any atom is 0.126 e. The molecule has 1 heterocycles. The highest BCUT2D eigenvalue weighted by molar-refractivity contribution is 7.11. The number of phenolic OH excluding ortho intramolecular Hbond substituents is 1. The molecule has 2 atom stereocenters. The van der Waals surface area contributed by atoms with E-state index in [9.17, 15) is 9.50 Å². The van der Waals surface area contributed by atoms with Crippen LogP contribution in [-0.4, -0.2) is 10.1 Å². The largest absolute Gasteiger partial charge is 0.508 e. The summed E-state index contributed by atoms with van der Waals surface area (Å²) in [6.07, 6.45) is 1.85. The molecule has 0 saturated carbocycles. The van der Waals surface area contributed by atoms with Crippen LogP contribution in [0.4, 0.5) is 4.39 Å². The normalized spacial score (nSPS) is 14.3. The average molecular weight is 280 g/mol. The van der Waals surface area contributed by atoms with Gasteiger partial charge in [-0.3, -0.25) is 0 Å². The minimum absolute atomic E-state index is 0.0254. The van der Waals surface area contributed by atoms with Gasteiger partial charge in [0.05, 0.1) is 6.04 Å². The van der Waals surface area contributed by atoms with Crippen LogP contribution in [0.15, 0.2) is 24.4 Å². The lowest BCUT2D eigenvalue weighted by Crippen LogP contribution is -2.22. The first-order chi connectivity index (χ1) is 8.97. The van der Waals surface area contributed by atoms with Crippen LogP contribution >= 0.6 is 11.3 Å². The van der Waals surface area contributed by atoms with Crippen LogP contribution in [0.2, 0.25) is 0 Å². The third-order valence-corrected chi connectivity index (χ3v) is 4.06. The predicted octanol–water partition coefficient (Wildman–Crippen LogP) is 3.71. The molecule has 0 saturated heterocycles. The SMILES string of the molecule is Cc1cnc(C(C)NC(C)c2ccc(F)cc2O)s1. The minimum Gasteiger partial charge on any atom is -0.508 e. The Bertz CT molecular complexity index is 570. The highest BCUT2D eigenvalue weighted by atomic mass is 32.1. The Labute approximate surface area is 116 Å². The summed E-state index contributed by atoms with van der Waals surface area (Å²) in [4.78, 5) is 5.50. The van der Waals surface area contributed by atoms with Crippen LogP contribution in [0, 0.1) is 12.7 Å². The number of phenols is 1. The Morgan fingerprint density at radius 1 is 1.32 bits per heavy atom. The topological polar surface area (TPSA) is 45.2 Å². The Morgan fingerprint density at radius 2 is 2.05 bits per heavy atom. The molecular weight excluding hydrogens is 263 g/mol. The molecule has 2 unspecified atom stereocenters. The van der Waals surface area contributed by atoms with Gasteiger partial charge in [0.25, 0.3) is 0 Å². The highest BCUT2D eigenvalue weighted by Gasteiger charge is 2.16.